The molecule has 0 aromatic carbocycles. The average Bonchev–Trinajstić information content (AvgIpc) is 2.56. The standard InChI is InChI=1S/C12H11BrN4/c1-7-4-10(6-14)5-11(15-7)17-9(3)12(13)8(2)16-17/h4-5H,1-3H3. The molecule has 0 aliphatic carbocycles. The minimum atomic E-state index is 0.594. The van der Waals surface area contributed by atoms with Gasteiger partial charge in [-0.2, -0.15) is 10.4 Å². The molecule has 86 valence electrons. The Morgan fingerprint density at radius 2 is 2.00 bits per heavy atom. The lowest BCUT2D eigenvalue weighted by atomic mass is 10.2. The second-order valence-corrected chi connectivity index (χ2v) is 4.66. The number of halogens is 1. The van der Waals surface area contributed by atoms with Gasteiger partial charge in [0.25, 0.3) is 0 Å². The predicted molar refractivity (Wildman–Crippen MR) is 68.0 cm³/mol. The maximum atomic E-state index is 8.95. The Hall–Kier alpha value is -1.67. The maximum Gasteiger partial charge on any atom is 0.155 e. The fourth-order valence-corrected chi connectivity index (χ4v) is 1.92. The molecule has 0 fully saturated rings. The van der Waals surface area contributed by atoms with Crippen molar-refractivity contribution < 1.29 is 0 Å². The second kappa shape index (κ2) is 4.30. The largest absolute Gasteiger partial charge is 0.234 e. The van der Waals surface area contributed by atoms with Gasteiger partial charge >= 0.3 is 0 Å². The van der Waals surface area contributed by atoms with Gasteiger partial charge in [-0.1, -0.05) is 0 Å². The predicted octanol–water partition coefficient (Wildman–Crippen LogP) is 2.83. The summed E-state index contributed by atoms with van der Waals surface area (Å²) in [6.07, 6.45) is 0. The lowest BCUT2D eigenvalue weighted by molar-refractivity contribution is 0.800. The van der Waals surface area contributed by atoms with E-state index in [9.17, 15) is 0 Å². The van der Waals surface area contributed by atoms with Crippen molar-refractivity contribution in [2.75, 3.05) is 0 Å². The number of aromatic nitrogens is 3. The first kappa shape index (κ1) is 11.8. The fourth-order valence-electron chi connectivity index (χ4n) is 1.67. The van der Waals surface area contributed by atoms with Crippen molar-refractivity contribution in [3.63, 3.8) is 0 Å². The Morgan fingerprint density at radius 1 is 1.29 bits per heavy atom. The van der Waals surface area contributed by atoms with Gasteiger partial charge in [0.15, 0.2) is 5.82 Å². The average molecular weight is 291 g/mol. The summed E-state index contributed by atoms with van der Waals surface area (Å²) in [5, 5.41) is 13.3. The molecular weight excluding hydrogens is 280 g/mol. The third-order valence-corrected chi connectivity index (χ3v) is 3.64. The van der Waals surface area contributed by atoms with Gasteiger partial charge in [-0.3, -0.25) is 0 Å². The van der Waals surface area contributed by atoms with Gasteiger partial charge in [0.1, 0.15) is 0 Å². The summed E-state index contributed by atoms with van der Waals surface area (Å²) in [5.74, 6) is 0.674. The summed E-state index contributed by atoms with van der Waals surface area (Å²) < 4.78 is 2.71. The SMILES string of the molecule is Cc1cc(C#N)cc(-n2nc(C)c(Br)c2C)n1. The van der Waals surface area contributed by atoms with E-state index in [1.54, 1.807) is 16.8 Å². The zero-order valence-corrected chi connectivity index (χ0v) is 11.4. The highest BCUT2D eigenvalue weighted by Gasteiger charge is 2.12. The summed E-state index contributed by atoms with van der Waals surface area (Å²) in [7, 11) is 0. The molecule has 0 spiro atoms. The van der Waals surface area contributed by atoms with Crippen LogP contribution < -0.4 is 0 Å². The van der Waals surface area contributed by atoms with Crippen LogP contribution in [-0.4, -0.2) is 14.8 Å². The molecular formula is C12H11BrN4. The molecule has 0 saturated heterocycles. The van der Waals surface area contributed by atoms with Crippen LogP contribution in [0.15, 0.2) is 16.6 Å². The van der Waals surface area contributed by atoms with E-state index >= 15 is 0 Å². The van der Waals surface area contributed by atoms with Crippen LogP contribution in [0.1, 0.15) is 22.6 Å². The van der Waals surface area contributed by atoms with Gasteiger partial charge in [-0.05, 0) is 42.8 Å². The van der Waals surface area contributed by atoms with Gasteiger partial charge in [0, 0.05) is 11.8 Å². The van der Waals surface area contributed by atoms with Crippen LogP contribution in [0.5, 0.6) is 0 Å². The Bertz CT molecular complexity index is 622. The van der Waals surface area contributed by atoms with Crippen LogP contribution in [0, 0.1) is 32.1 Å². The molecule has 0 atom stereocenters. The summed E-state index contributed by atoms with van der Waals surface area (Å²) in [4.78, 5) is 4.40. The van der Waals surface area contributed by atoms with E-state index < -0.39 is 0 Å². The van der Waals surface area contributed by atoms with Gasteiger partial charge < -0.3 is 0 Å². The molecule has 0 unspecified atom stereocenters. The number of nitriles is 1. The van der Waals surface area contributed by atoms with Gasteiger partial charge in [0.05, 0.1) is 27.5 Å². The third kappa shape index (κ3) is 2.08. The van der Waals surface area contributed by atoms with E-state index in [-0.39, 0.29) is 0 Å². The Balaban J connectivity index is 2.65. The first-order valence-corrected chi connectivity index (χ1v) is 5.93. The number of hydrogen-bond donors (Lipinski definition) is 0. The highest BCUT2D eigenvalue weighted by molar-refractivity contribution is 9.10. The zero-order chi connectivity index (χ0) is 12.6. The summed E-state index contributed by atoms with van der Waals surface area (Å²) >= 11 is 3.48. The number of rotatable bonds is 1. The Kier molecular flexibility index (Phi) is 2.99. The lowest BCUT2D eigenvalue weighted by Gasteiger charge is -2.05. The van der Waals surface area contributed by atoms with E-state index in [1.807, 2.05) is 20.8 Å². The lowest BCUT2D eigenvalue weighted by Crippen LogP contribution is -2.03. The van der Waals surface area contributed by atoms with Crippen LogP contribution in [0.25, 0.3) is 5.82 Å². The summed E-state index contributed by atoms with van der Waals surface area (Å²) in [6, 6.07) is 5.62. The van der Waals surface area contributed by atoms with Crippen LogP contribution in [0.2, 0.25) is 0 Å². The smallest absolute Gasteiger partial charge is 0.155 e. The molecule has 0 aliphatic rings. The normalized spacial score (nSPS) is 10.3. The zero-order valence-electron chi connectivity index (χ0n) is 9.82. The van der Waals surface area contributed by atoms with Crippen molar-refractivity contribution in [3.8, 4) is 11.9 Å². The molecule has 0 N–H and O–H groups in total. The van der Waals surface area contributed by atoms with Crippen molar-refractivity contribution in [1.82, 2.24) is 14.8 Å². The van der Waals surface area contributed by atoms with E-state index in [0.717, 1.165) is 21.6 Å². The van der Waals surface area contributed by atoms with E-state index in [2.05, 4.69) is 32.1 Å². The molecule has 0 bridgehead atoms. The molecule has 2 aromatic rings. The molecule has 17 heavy (non-hydrogen) atoms. The first-order valence-electron chi connectivity index (χ1n) is 5.14. The number of nitrogens with zero attached hydrogens (tertiary/aromatic N) is 4. The molecule has 2 aromatic heterocycles. The van der Waals surface area contributed by atoms with Crippen LogP contribution in [0.3, 0.4) is 0 Å². The van der Waals surface area contributed by atoms with Gasteiger partial charge in [-0.15, -0.1) is 0 Å². The number of pyridine rings is 1. The molecule has 0 amide bonds. The van der Waals surface area contributed by atoms with Crippen LogP contribution in [0.4, 0.5) is 0 Å². The first-order chi connectivity index (χ1) is 8.02. The topological polar surface area (TPSA) is 54.5 Å². The molecule has 2 rings (SSSR count). The number of aryl methyl sites for hydroxylation is 2. The summed E-state index contributed by atoms with van der Waals surface area (Å²) in [6.45, 7) is 5.75. The molecule has 0 aliphatic heterocycles. The monoisotopic (exact) mass is 290 g/mol. The van der Waals surface area contributed by atoms with Crippen molar-refractivity contribution in [1.29, 1.82) is 5.26 Å². The Morgan fingerprint density at radius 3 is 2.53 bits per heavy atom. The van der Waals surface area contributed by atoms with E-state index in [0.29, 0.717) is 11.4 Å². The summed E-state index contributed by atoms with van der Waals surface area (Å²) in [5.41, 5.74) is 3.28. The molecule has 0 radical (unpaired) electrons. The molecule has 4 nitrogen and oxygen atoms in total. The Labute approximate surface area is 108 Å². The van der Waals surface area contributed by atoms with Crippen molar-refractivity contribution in [2.24, 2.45) is 0 Å². The minimum Gasteiger partial charge on any atom is -0.234 e. The molecule has 0 saturated carbocycles. The van der Waals surface area contributed by atoms with Gasteiger partial charge in [-0.25, -0.2) is 9.67 Å². The molecule has 5 heteroatoms. The third-order valence-electron chi connectivity index (χ3n) is 2.49. The van der Waals surface area contributed by atoms with Crippen molar-refractivity contribution in [3.05, 3.63) is 39.3 Å². The van der Waals surface area contributed by atoms with E-state index in [4.69, 9.17) is 5.26 Å². The van der Waals surface area contributed by atoms with Crippen molar-refractivity contribution in [2.45, 2.75) is 20.8 Å². The van der Waals surface area contributed by atoms with Gasteiger partial charge in [0.2, 0.25) is 0 Å². The molecule has 2 heterocycles. The van der Waals surface area contributed by atoms with E-state index in [1.165, 1.54) is 0 Å². The fraction of sp³-hybridized carbons (Fsp3) is 0.250. The maximum absolute atomic E-state index is 8.95. The highest BCUT2D eigenvalue weighted by atomic mass is 79.9. The van der Waals surface area contributed by atoms with Crippen molar-refractivity contribution >= 4 is 15.9 Å². The minimum absolute atomic E-state index is 0.594. The van der Waals surface area contributed by atoms with Crippen LogP contribution >= 0.6 is 15.9 Å². The van der Waals surface area contributed by atoms with Crippen LogP contribution in [-0.2, 0) is 0 Å². The number of hydrogen-bond acceptors (Lipinski definition) is 3. The quantitative estimate of drug-likeness (QED) is 0.811. The highest BCUT2D eigenvalue weighted by Crippen LogP contribution is 2.22. The second-order valence-electron chi connectivity index (χ2n) is 3.86.